The average Bonchev–Trinajstić information content (AvgIpc) is 2.89. The molecule has 0 aliphatic rings. The normalized spacial score (nSPS) is 10.5. The summed E-state index contributed by atoms with van der Waals surface area (Å²) in [7, 11) is 5.92. The van der Waals surface area contributed by atoms with Crippen LogP contribution in [0.4, 0.5) is 11.4 Å². The minimum Gasteiger partial charge on any atom is -0.497 e. The van der Waals surface area contributed by atoms with E-state index in [1.165, 1.54) is 33.5 Å². The summed E-state index contributed by atoms with van der Waals surface area (Å²) in [4.78, 5) is 29.7. The molecule has 176 valence electrons. The first kappa shape index (κ1) is 24.1. The predicted octanol–water partition coefficient (Wildman–Crippen LogP) is 4.83. The van der Waals surface area contributed by atoms with E-state index in [-0.39, 0.29) is 5.56 Å². The van der Waals surface area contributed by atoms with Gasteiger partial charge in [0.2, 0.25) is 5.75 Å². The molecule has 1 amide bonds. The highest BCUT2D eigenvalue weighted by Crippen LogP contribution is 2.38. The molecule has 0 heterocycles. The van der Waals surface area contributed by atoms with Crippen LogP contribution in [0, 0.1) is 0 Å². The van der Waals surface area contributed by atoms with Gasteiger partial charge in [0.1, 0.15) is 5.75 Å². The number of amides is 1. The first-order chi connectivity index (χ1) is 16.5. The van der Waals surface area contributed by atoms with E-state index in [0.29, 0.717) is 39.9 Å². The van der Waals surface area contributed by atoms with Crippen LogP contribution in [0.25, 0.3) is 0 Å². The van der Waals surface area contributed by atoms with Gasteiger partial charge in [0.25, 0.3) is 5.91 Å². The quantitative estimate of drug-likeness (QED) is 0.353. The number of benzene rings is 3. The Morgan fingerprint density at radius 1 is 0.735 bits per heavy atom. The Balaban J connectivity index is 1.61. The zero-order valence-electron chi connectivity index (χ0n) is 19.0. The summed E-state index contributed by atoms with van der Waals surface area (Å²) in [5.74, 6) is 0.518. The molecule has 0 saturated heterocycles. The molecule has 1 N–H and O–H groups in total. The van der Waals surface area contributed by atoms with Gasteiger partial charge < -0.3 is 23.8 Å². The maximum Gasteiger partial charge on any atom is 0.363 e. The molecule has 10 nitrogen and oxygen atoms in total. The van der Waals surface area contributed by atoms with E-state index in [9.17, 15) is 9.59 Å². The number of azo groups is 1. The van der Waals surface area contributed by atoms with Crippen molar-refractivity contribution in [3.05, 3.63) is 71.8 Å². The van der Waals surface area contributed by atoms with Gasteiger partial charge in [-0.25, -0.2) is 10.3 Å². The highest BCUT2D eigenvalue weighted by atomic mass is 16.7. The van der Waals surface area contributed by atoms with Gasteiger partial charge in [-0.15, -0.1) is 10.2 Å². The minimum atomic E-state index is -0.659. The van der Waals surface area contributed by atoms with Gasteiger partial charge in [0, 0.05) is 5.56 Å². The van der Waals surface area contributed by atoms with Crippen molar-refractivity contribution in [2.75, 3.05) is 33.9 Å². The fourth-order valence-corrected chi connectivity index (χ4v) is 2.85. The molecule has 3 rings (SSSR count). The topological polar surface area (TPSA) is 117 Å². The number of rotatable bonds is 9. The van der Waals surface area contributed by atoms with Gasteiger partial charge in [0.05, 0.1) is 45.4 Å². The van der Waals surface area contributed by atoms with Crippen LogP contribution in [-0.2, 0) is 4.84 Å². The second-order valence-corrected chi connectivity index (χ2v) is 6.69. The first-order valence-electron chi connectivity index (χ1n) is 9.96. The Bertz CT molecular complexity index is 1150. The maximum atomic E-state index is 12.5. The van der Waals surface area contributed by atoms with E-state index in [1.807, 2.05) is 0 Å². The molecular weight excluding hydrogens is 442 g/mol. The molecule has 3 aromatic carbocycles. The fraction of sp³-hybridized carbons (Fsp3) is 0.167. The van der Waals surface area contributed by atoms with Crippen LogP contribution in [0.2, 0.25) is 0 Å². The smallest absolute Gasteiger partial charge is 0.363 e. The third kappa shape index (κ3) is 5.80. The Kier molecular flexibility index (Phi) is 8.01. The van der Waals surface area contributed by atoms with Crippen LogP contribution >= 0.6 is 0 Å². The van der Waals surface area contributed by atoms with Crippen molar-refractivity contribution in [1.82, 2.24) is 0 Å². The summed E-state index contributed by atoms with van der Waals surface area (Å²) in [6, 6.07) is 16.0. The van der Waals surface area contributed by atoms with Gasteiger partial charge >= 0.3 is 5.97 Å². The molecule has 0 radical (unpaired) electrons. The van der Waals surface area contributed by atoms with Crippen molar-refractivity contribution in [3.8, 4) is 23.0 Å². The van der Waals surface area contributed by atoms with Crippen LogP contribution < -0.4 is 24.4 Å². The molecule has 0 aromatic heterocycles. The number of nitrogens with one attached hydrogen (secondary N) is 1. The monoisotopic (exact) mass is 465 g/mol. The number of carbonyl (C=O) groups excluding carboxylic acids is 2. The largest absolute Gasteiger partial charge is 0.497 e. The van der Waals surface area contributed by atoms with Gasteiger partial charge in [-0.3, -0.25) is 4.79 Å². The fourth-order valence-electron chi connectivity index (χ4n) is 2.85. The second-order valence-electron chi connectivity index (χ2n) is 6.69. The molecule has 10 heteroatoms. The molecular formula is C24H23N3O7. The van der Waals surface area contributed by atoms with Crippen molar-refractivity contribution in [2.24, 2.45) is 10.2 Å². The van der Waals surface area contributed by atoms with E-state index in [1.54, 1.807) is 55.6 Å². The van der Waals surface area contributed by atoms with Crippen molar-refractivity contribution in [1.29, 1.82) is 0 Å². The Morgan fingerprint density at radius 2 is 1.35 bits per heavy atom. The molecule has 0 unspecified atom stereocenters. The van der Waals surface area contributed by atoms with Crippen molar-refractivity contribution < 1.29 is 33.4 Å². The maximum absolute atomic E-state index is 12.5. The summed E-state index contributed by atoms with van der Waals surface area (Å²) >= 11 is 0. The number of anilines is 1. The third-order valence-corrected chi connectivity index (χ3v) is 4.62. The molecule has 0 spiro atoms. The van der Waals surface area contributed by atoms with Gasteiger partial charge in [-0.2, -0.15) is 0 Å². The van der Waals surface area contributed by atoms with Crippen LogP contribution in [0.1, 0.15) is 20.7 Å². The summed E-state index contributed by atoms with van der Waals surface area (Å²) in [5, 5.41) is 7.65. The lowest BCUT2D eigenvalue weighted by molar-refractivity contribution is 0.0595. The standard InChI is InChI=1S/C24H23N3O7/c1-30-19-11-5-15(6-12-19)23(28)26-25-17-7-9-18(10-8-17)27-34-24(29)16-13-20(31-2)22(33-4)21(14-16)32-3/h5-14,27H,1-4H3. The average molecular weight is 465 g/mol. The predicted molar refractivity (Wildman–Crippen MR) is 123 cm³/mol. The Hall–Kier alpha value is -4.60. The summed E-state index contributed by atoms with van der Waals surface area (Å²) in [6.45, 7) is 0. The number of ether oxygens (including phenoxy) is 4. The van der Waals surface area contributed by atoms with Crippen molar-refractivity contribution in [3.63, 3.8) is 0 Å². The second kappa shape index (κ2) is 11.3. The third-order valence-electron chi connectivity index (χ3n) is 4.62. The molecule has 0 saturated carbocycles. The number of hydrogen-bond acceptors (Lipinski definition) is 9. The number of carbonyl (C=O) groups is 2. The van der Waals surface area contributed by atoms with E-state index in [2.05, 4.69) is 15.7 Å². The van der Waals surface area contributed by atoms with Gasteiger partial charge in [-0.1, -0.05) is 0 Å². The summed E-state index contributed by atoms with van der Waals surface area (Å²) in [6.07, 6.45) is 0. The molecule has 0 bridgehead atoms. The summed E-state index contributed by atoms with van der Waals surface area (Å²) < 4.78 is 20.8. The van der Waals surface area contributed by atoms with Crippen LogP contribution in [0.15, 0.2) is 70.9 Å². The SMILES string of the molecule is COc1ccc(C(=O)N=Nc2ccc(NOC(=O)c3cc(OC)c(OC)c(OC)c3)cc2)cc1. The highest BCUT2D eigenvalue weighted by molar-refractivity contribution is 5.94. The number of methoxy groups -OCH3 is 4. The summed E-state index contributed by atoms with van der Waals surface area (Å²) in [5.41, 5.74) is 4.09. The van der Waals surface area contributed by atoms with Crippen LogP contribution in [0.3, 0.4) is 0 Å². The molecule has 0 aliphatic heterocycles. The van der Waals surface area contributed by atoms with Crippen molar-refractivity contribution in [2.45, 2.75) is 0 Å². The van der Waals surface area contributed by atoms with E-state index in [0.717, 1.165) is 0 Å². The lowest BCUT2D eigenvalue weighted by Crippen LogP contribution is -2.11. The minimum absolute atomic E-state index is 0.199. The Labute approximate surface area is 196 Å². The molecule has 0 fully saturated rings. The zero-order chi connectivity index (χ0) is 24.5. The molecule has 0 atom stereocenters. The lowest BCUT2D eigenvalue weighted by atomic mass is 10.2. The van der Waals surface area contributed by atoms with Gasteiger partial charge in [0.15, 0.2) is 11.5 Å². The number of nitrogens with zero attached hydrogens (tertiary/aromatic N) is 2. The number of hydrogen-bond donors (Lipinski definition) is 1. The molecule has 34 heavy (non-hydrogen) atoms. The first-order valence-corrected chi connectivity index (χ1v) is 9.96. The van der Waals surface area contributed by atoms with E-state index in [4.69, 9.17) is 23.8 Å². The van der Waals surface area contributed by atoms with E-state index >= 15 is 0 Å². The van der Waals surface area contributed by atoms with Crippen molar-refractivity contribution >= 4 is 23.3 Å². The molecule has 3 aromatic rings. The van der Waals surface area contributed by atoms with E-state index < -0.39 is 11.9 Å². The Morgan fingerprint density at radius 3 is 1.88 bits per heavy atom. The lowest BCUT2D eigenvalue weighted by Gasteiger charge is -2.14. The highest BCUT2D eigenvalue weighted by Gasteiger charge is 2.18. The molecule has 0 aliphatic carbocycles. The van der Waals surface area contributed by atoms with Crippen LogP contribution in [0.5, 0.6) is 23.0 Å². The van der Waals surface area contributed by atoms with Crippen LogP contribution in [-0.4, -0.2) is 40.3 Å². The zero-order valence-corrected chi connectivity index (χ0v) is 19.0. The van der Waals surface area contributed by atoms with Gasteiger partial charge in [-0.05, 0) is 60.7 Å².